The van der Waals surface area contributed by atoms with Gasteiger partial charge in [0, 0.05) is 5.69 Å². The first-order valence-electron chi connectivity index (χ1n) is 9.98. The van der Waals surface area contributed by atoms with Gasteiger partial charge in [-0.2, -0.15) is 0 Å². The Morgan fingerprint density at radius 2 is 1.91 bits per heavy atom. The zero-order chi connectivity index (χ0) is 25.2. The van der Waals surface area contributed by atoms with E-state index in [1.807, 2.05) is 0 Å². The zero-order valence-corrected chi connectivity index (χ0v) is 21.0. The van der Waals surface area contributed by atoms with Gasteiger partial charge in [0.2, 0.25) is 0 Å². The van der Waals surface area contributed by atoms with Gasteiger partial charge in [0.15, 0.2) is 5.13 Å². The number of benzene rings is 1. The number of nitrogens with one attached hydrogen (secondary N) is 3. The summed E-state index contributed by atoms with van der Waals surface area (Å²) < 4.78 is 11.3. The molecule has 0 unspecified atom stereocenters. The first-order valence-corrected chi connectivity index (χ1v) is 11.6. The first kappa shape index (κ1) is 25.6. The summed E-state index contributed by atoms with van der Waals surface area (Å²) in [5.74, 6) is -1.52. The van der Waals surface area contributed by atoms with Crippen LogP contribution in [-0.4, -0.2) is 51.8 Å². The summed E-state index contributed by atoms with van der Waals surface area (Å²) in [4.78, 5) is 43.1. The van der Waals surface area contributed by atoms with Gasteiger partial charge in [0.05, 0.1) is 26.9 Å². The smallest absolute Gasteiger partial charge is 0.407 e. The monoisotopic (exact) mass is 528 g/mol. The molecule has 3 aromatic rings. The number of carbonyl (C=O) groups excluding carboxylic acids is 2. The maximum atomic E-state index is 12.6. The minimum Gasteiger partial charge on any atom is -0.489 e. The maximum absolute atomic E-state index is 12.6. The van der Waals surface area contributed by atoms with Gasteiger partial charge in [-0.25, -0.2) is 14.6 Å². The molecule has 0 spiro atoms. The number of carbonyl (C=O) groups is 3. The maximum Gasteiger partial charge on any atom is 0.407 e. The third-order valence-electron chi connectivity index (χ3n) is 4.24. The fraction of sp³-hybridized carbons (Fsp3) is 0.333. The van der Waals surface area contributed by atoms with E-state index in [-0.39, 0.29) is 45.3 Å². The number of fused-ring (bicyclic) bond motifs is 1. The second-order valence-electron chi connectivity index (χ2n) is 8.13. The molecule has 0 radical (unpaired) electrons. The molecule has 182 valence electrons. The molecular weight excluding hydrogens is 507 g/mol. The van der Waals surface area contributed by atoms with Crippen molar-refractivity contribution in [3.05, 3.63) is 39.1 Å². The van der Waals surface area contributed by atoms with E-state index >= 15 is 0 Å². The number of H-pyrrole nitrogens is 1. The fourth-order valence-corrected chi connectivity index (χ4v) is 4.14. The second-order valence-corrected chi connectivity index (χ2v) is 9.92. The molecule has 1 aromatic carbocycles. The number of aromatic nitrogens is 2. The Morgan fingerprint density at radius 1 is 1.21 bits per heavy atom. The Kier molecular flexibility index (Phi) is 7.59. The van der Waals surface area contributed by atoms with Crippen molar-refractivity contribution < 1.29 is 29.0 Å². The summed E-state index contributed by atoms with van der Waals surface area (Å²) in [5.41, 5.74) is 0.332. The lowest BCUT2D eigenvalue weighted by Gasteiger charge is -2.19. The molecule has 0 fully saturated rings. The second kappa shape index (κ2) is 10.1. The average molecular weight is 529 g/mol. The number of aromatic amines is 1. The molecule has 34 heavy (non-hydrogen) atoms. The topological polar surface area (TPSA) is 143 Å². The summed E-state index contributed by atoms with van der Waals surface area (Å²) >= 11 is 13.2. The quantitative estimate of drug-likeness (QED) is 0.312. The van der Waals surface area contributed by atoms with Crippen molar-refractivity contribution in [2.75, 3.05) is 18.5 Å². The van der Waals surface area contributed by atoms with Crippen LogP contribution >= 0.6 is 34.5 Å². The van der Waals surface area contributed by atoms with Crippen LogP contribution < -0.4 is 15.4 Å². The molecule has 2 amide bonds. The van der Waals surface area contributed by atoms with Crippen LogP contribution in [0.25, 0.3) is 10.2 Å². The number of aromatic carboxylic acids is 1. The number of carboxylic acid groups (broad SMARTS) is 1. The standard InChI is InChI=1S/C21H22Cl2N4O6S/c1-9-13(22)14(23)16(25-9)17(28)27-19-26-15-11(7-10(18(29)30)8-12(15)34-19)32-6-5-24-20(31)33-21(2,3)4/h7-8,25H,5-6H2,1-4H3,(H,24,31)(H,29,30)(H,26,27,28). The van der Waals surface area contributed by atoms with Crippen molar-refractivity contribution in [2.24, 2.45) is 0 Å². The van der Waals surface area contributed by atoms with Gasteiger partial charge in [-0.1, -0.05) is 34.5 Å². The molecule has 3 rings (SSSR count). The molecule has 0 bridgehead atoms. The molecule has 0 aliphatic heterocycles. The van der Waals surface area contributed by atoms with Gasteiger partial charge in [0.1, 0.15) is 29.2 Å². The average Bonchev–Trinajstić information content (AvgIpc) is 3.25. The van der Waals surface area contributed by atoms with Gasteiger partial charge in [-0.05, 0) is 39.8 Å². The van der Waals surface area contributed by atoms with Gasteiger partial charge < -0.3 is 24.9 Å². The Labute approximate surface area is 208 Å². The first-order chi connectivity index (χ1) is 15.9. The Morgan fingerprint density at radius 3 is 2.50 bits per heavy atom. The van der Waals surface area contributed by atoms with Crippen molar-refractivity contribution in [1.29, 1.82) is 0 Å². The molecule has 10 nitrogen and oxygen atoms in total. The lowest BCUT2D eigenvalue weighted by Crippen LogP contribution is -2.34. The highest BCUT2D eigenvalue weighted by molar-refractivity contribution is 7.22. The normalized spacial score (nSPS) is 11.4. The Balaban J connectivity index is 1.77. The predicted molar refractivity (Wildman–Crippen MR) is 130 cm³/mol. The molecule has 0 saturated carbocycles. The summed E-state index contributed by atoms with van der Waals surface area (Å²) in [6.45, 7) is 7.07. The number of rotatable bonds is 7. The Hall–Kier alpha value is -3.02. The van der Waals surface area contributed by atoms with Crippen molar-refractivity contribution >= 4 is 67.9 Å². The highest BCUT2D eigenvalue weighted by atomic mass is 35.5. The van der Waals surface area contributed by atoms with Crippen LogP contribution in [0.15, 0.2) is 12.1 Å². The van der Waals surface area contributed by atoms with Crippen LogP contribution in [0, 0.1) is 6.92 Å². The lowest BCUT2D eigenvalue weighted by atomic mass is 10.2. The summed E-state index contributed by atoms with van der Waals surface area (Å²) in [6, 6.07) is 2.76. The number of ether oxygens (including phenoxy) is 2. The number of carboxylic acids is 1. The van der Waals surface area contributed by atoms with Gasteiger partial charge in [-0.3, -0.25) is 10.1 Å². The minimum absolute atomic E-state index is 0.0149. The fourth-order valence-electron chi connectivity index (χ4n) is 2.80. The molecule has 2 heterocycles. The summed E-state index contributed by atoms with van der Waals surface area (Å²) in [6.07, 6.45) is -0.600. The van der Waals surface area contributed by atoms with E-state index in [4.69, 9.17) is 32.7 Å². The molecule has 4 N–H and O–H groups in total. The number of hydrogen-bond acceptors (Lipinski definition) is 7. The van der Waals surface area contributed by atoms with Gasteiger partial charge >= 0.3 is 12.1 Å². The number of thiazole rings is 1. The number of hydrogen-bond donors (Lipinski definition) is 4. The summed E-state index contributed by atoms with van der Waals surface area (Å²) in [5, 5.41) is 15.2. The predicted octanol–water partition coefficient (Wildman–Crippen LogP) is 5.09. The molecule has 0 aliphatic rings. The molecular formula is C21H22Cl2N4O6S. The highest BCUT2D eigenvalue weighted by Gasteiger charge is 2.21. The van der Waals surface area contributed by atoms with E-state index in [1.165, 1.54) is 12.1 Å². The molecule has 0 atom stereocenters. The van der Waals surface area contributed by atoms with Gasteiger partial charge in [-0.15, -0.1) is 0 Å². The van der Waals surface area contributed by atoms with Crippen LogP contribution in [0.4, 0.5) is 9.93 Å². The van der Waals surface area contributed by atoms with Crippen LogP contribution in [-0.2, 0) is 4.74 Å². The van der Waals surface area contributed by atoms with Crippen molar-refractivity contribution in [3.63, 3.8) is 0 Å². The number of anilines is 1. The molecule has 0 aliphatic carbocycles. The number of amides is 2. The third kappa shape index (κ3) is 6.10. The Bertz CT molecular complexity index is 1260. The van der Waals surface area contributed by atoms with E-state index in [9.17, 15) is 19.5 Å². The number of halogens is 2. The number of nitrogens with zero attached hydrogens (tertiary/aromatic N) is 1. The zero-order valence-electron chi connectivity index (χ0n) is 18.7. The van der Waals surface area contributed by atoms with Crippen LogP contribution in [0.1, 0.15) is 47.3 Å². The highest BCUT2D eigenvalue weighted by Crippen LogP contribution is 2.35. The SMILES string of the molecule is Cc1[nH]c(C(=O)Nc2nc3c(OCCNC(=O)OC(C)(C)C)cc(C(=O)O)cc3s2)c(Cl)c1Cl. The van der Waals surface area contributed by atoms with Crippen LogP contribution in [0.5, 0.6) is 5.75 Å². The third-order valence-corrected chi connectivity index (χ3v) is 6.10. The van der Waals surface area contributed by atoms with Crippen molar-refractivity contribution in [2.45, 2.75) is 33.3 Å². The molecule has 2 aromatic heterocycles. The van der Waals surface area contributed by atoms with E-state index in [0.29, 0.717) is 15.9 Å². The largest absolute Gasteiger partial charge is 0.489 e. The number of alkyl carbamates (subject to hydrolysis) is 1. The van der Waals surface area contributed by atoms with E-state index in [0.717, 1.165) is 11.3 Å². The molecule has 0 saturated heterocycles. The van der Waals surface area contributed by atoms with Crippen LogP contribution in [0.3, 0.4) is 0 Å². The number of aryl methyl sites for hydroxylation is 1. The van der Waals surface area contributed by atoms with Crippen molar-refractivity contribution in [1.82, 2.24) is 15.3 Å². The van der Waals surface area contributed by atoms with Gasteiger partial charge in [0.25, 0.3) is 5.91 Å². The van der Waals surface area contributed by atoms with Crippen LogP contribution in [0.2, 0.25) is 10.0 Å². The molecule has 13 heteroatoms. The minimum atomic E-state index is -1.15. The summed E-state index contributed by atoms with van der Waals surface area (Å²) in [7, 11) is 0. The van der Waals surface area contributed by atoms with E-state index in [2.05, 4.69) is 20.6 Å². The van der Waals surface area contributed by atoms with E-state index in [1.54, 1.807) is 27.7 Å². The van der Waals surface area contributed by atoms with Crippen molar-refractivity contribution in [3.8, 4) is 5.75 Å². The van der Waals surface area contributed by atoms with E-state index < -0.39 is 23.6 Å². The lowest BCUT2D eigenvalue weighted by molar-refractivity contribution is 0.0520.